The first-order chi connectivity index (χ1) is 7.55. The van der Waals surface area contributed by atoms with Crippen molar-refractivity contribution < 1.29 is 9.90 Å². The van der Waals surface area contributed by atoms with Crippen molar-refractivity contribution in [1.82, 2.24) is 4.90 Å². The molecule has 1 aliphatic heterocycles. The number of hydrogen-bond donors (Lipinski definition) is 2. The van der Waals surface area contributed by atoms with E-state index in [-0.39, 0.29) is 18.4 Å². The van der Waals surface area contributed by atoms with Crippen LogP contribution < -0.4 is 5.73 Å². The smallest absolute Gasteiger partial charge is 0.242 e. The number of rotatable bonds is 2. The van der Waals surface area contributed by atoms with E-state index in [1.165, 1.54) is 6.42 Å². The fraction of sp³-hybridized carbons (Fsp3) is 0.917. The minimum absolute atomic E-state index is 0.101. The molecule has 3 N–H and O–H groups in total. The molecule has 1 amide bonds. The van der Waals surface area contributed by atoms with Crippen LogP contribution in [0.2, 0.25) is 0 Å². The standard InChI is InChI=1S/C12H22N2O2/c1-9-3-2-4-12(13,5-9)11(16)14-6-10(7-14)8-15/h9-10,15H,2-8,13H2,1H3. The lowest BCUT2D eigenvalue weighted by Gasteiger charge is -2.45. The first kappa shape index (κ1) is 11.9. The number of hydrogen-bond acceptors (Lipinski definition) is 3. The van der Waals surface area contributed by atoms with Crippen LogP contribution in [0.25, 0.3) is 0 Å². The fourth-order valence-corrected chi connectivity index (χ4v) is 2.95. The number of nitrogens with two attached hydrogens (primary N) is 1. The Hall–Kier alpha value is -0.610. The van der Waals surface area contributed by atoms with Gasteiger partial charge in [-0.25, -0.2) is 0 Å². The summed E-state index contributed by atoms with van der Waals surface area (Å²) >= 11 is 0. The second-order valence-corrected chi connectivity index (χ2v) is 5.62. The predicted octanol–water partition coefficient (Wildman–Crippen LogP) is 0.345. The van der Waals surface area contributed by atoms with E-state index < -0.39 is 5.54 Å². The van der Waals surface area contributed by atoms with Crippen LogP contribution >= 0.6 is 0 Å². The van der Waals surface area contributed by atoms with Gasteiger partial charge in [-0.3, -0.25) is 4.79 Å². The van der Waals surface area contributed by atoms with Crippen LogP contribution in [-0.4, -0.2) is 41.1 Å². The Morgan fingerprint density at radius 1 is 1.56 bits per heavy atom. The average molecular weight is 226 g/mol. The molecule has 16 heavy (non-hydrogen) atoms. The van der Waals surface area contributed by atoms with Crippen molar-refractivity contribution in [3.05, 3.63) is 0 Å². The molecular formula is C12H22N2O2. The third kappa shape index (κ3) is 2.09. The van der Waals surface area contributed by atoms with Gasteiger partial charge in [0.2, 0.25) is 5.91 Å². The van der Waals surface area contributed by atoms with Crippen molar-refractivity contribution in [2.45, 2.75) is 38.1 Å². The first-order valence-corrected chi connectivity index (χ1v) is 6.24. The third-order valence-corrected chi connectivity index (χ3v) is 3.96. The number of aliphatic hydroxyl groups excluding tert-OH is 1. The molecule has 1 aliphatic carbocycles. The summed E-state index contributed by atoms with van der Waals surface area (Å²) in [4.78, 5) is 14.0. The van der Waals surface area contributed by atoms with Crippen LogP contribution in [0.1, 0.15) is 32.6 Å². The molecule has 0 radical (unpaired) electrons. The van der Waals surface area contributed by atoms with E-state index in [9.17, 15) is 4.79 Å². The van der Waals surface area contributed by atoms with Crippen LogP contribution in [0.4, 0.5) is 0 Å². The largest absolute Gasteiger partial charge is 0.396 e. The normalized spacial score (nSPS) is 35.9. The van der Waals surface area contributed by atoms with Gasteiger partial charge in [-0.15, -0.1) is 0 Å². The van der Waals surface area contributed by atoms with Gasteiger partial charge in [0.25, 0.3) is 0 Å². The highest BCUT2D eigenvalue weighted by Crippen LogP contribution is 2.33. The SMILES string of the molecule is CC1CCCC(N)(C(=O)N2CC(CO)C2)C1. The Morgan fingerprint density at radius 2 is 2.25 bits per heavy atom. The van der Waals surface area contributed by atoms with Gasteiger partial charge >= 0.3 is 0 Å². The summed E-state index contributed by atoms with van der Waals surface area (Å²) in [5, 5.41) is 8.93. The molecule has 4 heteroatoms. The van der Waals surface area contributed by atoms with Crippen LogP contribution in [0, 0.1) is 11.8 Å². The molecule has 1 saturated carbocycles. The average Bonchev–Trinajstić information content (AvgIpc) is 2.15. The zero-order valence-corrected chi connectivity index (χ0v) is 9.98. The second kappa shape index (κ2) is 4.34. The third-order valence-electron chi connectivity index (χ3n) is 3.96. The molecule has 0 aromatic carbocycles. The van der Waals surface area contributed by atoms with Crippen LogP contribution in [-0.2, 0) is 4.79 Å². The molecule has 0 spiro atoms. The van der Waals surface area contributed by atoms with Gasteiger partial charge in [0.1, 0.15) is 0 Å². The maximum absolute atomic E-state index is 12.2. The maximum atomic E-state index is 12.2. The molecule has 4 nitrogen and oxygen atoms in total. The van der Waals surface area contributed by atoms with Crippen molar-refractivity contribution in [3.8, 4) is 0 Å². The highest BCUT2D eigenvalue weighted by Gasteiger charge is 2.43. The molecular weight excluding hydrogens is 204 g/mol. The zero-order chi connectivity index (χ0) is 11.8. The molecule has 0 aromatic heterocycles. The summed E-state index contributed by atoms with van der Waals surface area (Å²) < 4.78 is 0. The van der Waals surface area contributed by atoms with E-state index >= 15 is 0 Å². The molecule has 2 rings (SSSR count). The van der Waals surface area contributed by atoms with E-state index in [2.05, 4.69) is 6.92 Å². The number of carbonyl (C=O) groups is 1. The van der Waals surface area contributed by atoms with E-state index in [4.69, 9.17) is 10.8 Å². The summed E-state index contributed by atoms with van der Waals surface area (Å²) in [6.07, 6.45) is 3.87. The summed E-state index contributed by atoms with van der Waals surface area (Å²) in [6, 6.07) is 0. The molecule has 92 valence electrons. The topological polar surface area (TPSA) is 66.6 Å². The van der Waals surface area contributed by atoms with E-state index in [1.807, 2.05) is 0 Å². The Bertz CT molecular complexity index is 276. The first-order valence-electron chi connectivity index (χ1n) is 6.24. The van der Waals surface area contributed by atoms with Gasteiger partial charge in [0, 0.05) is 25.6 Å². The summed E-state index contributed by atoms with van der Waals surface area (Å²) in [5.74, 6) is 0.926. The highest BCUT2D eigenvalue weighted by molar-refractivity contribution is 5.87. The van der Waals surface area contributed by atoms with Crippen LogP contribution in [0.3, 0.4) is 0 Å². The zero-order valence-electron chi connectivity index (χ0n) is 9.98. The minimum Gasteiger partial charge on any atom is -0.396 e. The van der Waals surface area contributed by atoms with Crippen LogP contribution in [0.15, 0.2) is 0 Å². The van der Waals surface area contributed by atoms with E-state index in [1.54, 1.807) is 4.90 Å². The molecule has 1 heterocycles. The molecule has 2 aliphatic rings. The van der Waals surface area contributed by atoms with Crippen LogP contribution in [0.5, 0.6) is 0 Å². The summed E-state index contributed by atoms with van der Waals surface area (Å²) in [6.45, 7) is 3.71. The van der Waals surface area contributed by atoms with Gasteiger partial charge in [-0.2, -0.15) is 0 Å². The Morgan fingerprint density at radius 3 is 2.81 bits per heavy atom. The number of aliphatic hydroxyl groups is 1. The van der Waals surface area contributed by atoms with Gasteiger partial charge in [-0.1, -0.05) is 19.8 Å². The minimum atomic E-state index is -0.627. The van der Waals surface area contributed by atoms with Crippen molar-refractivity contribution in [2.24, 2.45) is 17.6 Å². The molecule has 2 fully saturated rings. The van der Waals surface area contributed by atoms with E-state index in [0.29, 0.717) is 19.0 Å². The van der Waals surface area contributed by atoms with Crippen molar-refractivity contribution in [1.29, 1.82) is 0 Å². The van der Waals surface area contributed by atoms with Gasteiger partial charge < -0.3 is 15.7 Å². The number of carbonyl (C=O) groups excluding carboxylic acids is 1. The monoisotopic (exact) mass is 226 g/mol. The molecule has 2 atom stereocenters. The predicted molar refractivity (Wildman–Crippen MR) is 61.7 cm³/mol. The lowest BCUT2D eigenvalue weighted by Crippen LogP contribution is -2.63. The van der Waals surface area contributed by atoms with Crippen molar-refractivity contribution >= 4 is 5.91 Å². The molecule has 2 unspecified atom stereocenters. The number of likely N-dealkylation sites (tertiary alicyclic amines) is 1. The summed E-state index contributed by atoms with van der Waals surface area (Å²) in [7, 11) is 0. The lowest BCUT2D eigenvalue weighted by atomic mass is 9.75. The number of nitrogens with zero attached hydrogens (tertiary/aromatic N) is 1. The lowest BCUT2D eigenvalue weighted by molar-refractivity contribution is -0.146. The molecule has 0 aromatic rings. The van der Waals surface area contributed by atoms with E-state index in [0.717, 1.165) is 19.3 Å². The maximum Gasteiger partial charge on any atom is 0.242 e. The van der Waals surface area contributed by atoms with Crippen molar-refractivity contribution in [3.63, 3.8) is 0 Å². The number of amides is 1. The fourth-order valence-electron chi connectivity index (χ4n) is 2.95. The van der Waals surface area contributed by atoms with Gasteiger partial charge in [-0.05, 0) is 18.8 Å². The molecule has 0 bridgehead atoms. The molecule has 1 saturated heterocycles. The highest BCUT2D eigenvalue weighted by atomic mass is 16.3. The second-order valence-electron chi connectivity index (χ2n) is 5.62. The summed E-state index contributed by atoms with van der Waals surface area (Å²) in [5.41, 5.74) is 5.61. The van der Waals surface area contributed by atoms with Gasteiger partial charge in [0.15, 0.2) is 0 Å². The quantitative estimate of drug-likeness (QED) is 0.714. The Balaban J connectivity index is 1.93. The van der Waals surface area contributed by atoms with Gasteiger partial charge in [0.05, 0.1) is 5.54 Å². The Labute approximate surface area is 96.8 Å². The van der Waals surface area contributed by atoms with Crippen molar-refractivity contribution in [2.75, 3.05) is 19.7 Å². The Kier molecular flexibility index (Phi) is 3.22.